The number of benzene rings is 2. The van der Waals surface area contributed by atoms with E-state index in [4.69, 9.17) is 4.99 Å². The van der Waals surface area contributed by atoms with Crippen LogP contribution in [-0.4, -0.2) is 27.7 Å². The molecule has 2 N–H and O–H groups in total. The third-order valence-corrected chi connectivity index (χ3v) is 8.43. The lowest BCUT2D eigenvalue weighted by molar-refractivity contribution is 0.139. The summed E-state index contributed by atoms with van der Waals surface area (Å²) >= 11 is 0. The van der Waals surface area contributed by atoms with Crippen LogP contribution in [0.3, 0.4) is 0 Å². The number of halogens is 1. The lowest BCUT2D eigenvalue weighted by atomic mass is 9.91. The second kappa shape index (κ2) is 23.9. The summed E-state index contributed by atoms with van der Waals surface area (Å²) in [4.78, 5) is 4.91. The number of allylic oxidation sites excluding steroid dienone is 1. The minimum absolute atomic E-state index is 0.149. The number of nitrogens with zero attached hydrogens (tertiary/aromatic N) is 2. The molecule has 0 saturated carbocycles. The summed E-state index contributed by atoms with van der Waals surface area (Å²) in [6, 6.07) is 17.5. The molecule has 1 aliphatic rings. The van der Waals surface area contributed by atoms with Crippen molar-refractivity contribution in [3.8, 4) is 47.9 Å². The molecule has 3 atom stereocenters. The van der Waals surface area contributed by atoms with Gasteiger partial charge in [0.1, 0.15) is 11.5 Å². The molecule has 0 aliphatic carbocycles. The van der Waals surface area contributed by atoms with E-state index in [0.717, 1.165) is 72.2 Å². The number of hydrogen-bond acceptors (Lipinski definition) is 3. The van der Waals surface area contributed by atoms with Crippen molar-refractivity contribution in [3.63, 3.8) is 0 Å². The third-order valence-electron chi connectivity index (χ3n) is 8.43. The van der Waals surface area contributed by atoms with E-state index in [9.17, 15) is 9.50 Å². The van der Waals surface area contributed by atoms with Crippen molar-refractivity contribution in [2.75, 3.05) is 0 Å². The van der Waals surface area contributed by atoms with Gasteiger partial charge >= 0.3 is 0 Å². The minimum atomic E-state index is -0.503. The van der Waals surface area contributed by atoms with Crippen LogP contribution in [-0.2, 0) is 6.42 Å². The molecule has 0 spiro atoms. The van der Waals surface area contributed by atoms with Crippen LogP contribution in [0.1, 0.15) is 119 Å². The SMILES string of the molecule is C#C.C#C.C=C(NC1(C)CC=C(CC)C=N1)c1c(-c2ccccc2)c(-c2ccc(F)cc2)c(CCC(C)CC(O)CC)n1C(C)C.CC.CC. The Balaban J connectivity index is 0.00000280. The van der Waals surface area contributed by atoms with Crippen LogP contribution < -0.4 is 5.32 Å². The maximum absolute atomic E-state index is 14.2. The molecule has 4 rings (SSSR count). The van der Waals surface area contributed by atoms with Crippen molar-refractivity contribution < 1.29 is 9.50 Å². The average Bonchev–Trinajstić information content (AvgIpc) is 3.50. The minimum Gasteiger partial charge on any atom is -0.393 e. The fourth-order valence-corrected chi connectivity index (χ4v) is 6.06. The highest BCUT2D eigenvalue weighted by Gasteiger charge is 2.31. The molecular weight excluding hydrogens is 618 g/mol. The summed E-state index contributed by atoms with van der Waals surface area (Å²) in [5.74, 6) is 0.109. The van der Waals surface area contributed by atoms with Gasteiger partial charge in [0.2, 0.25) is 0 Å². The maximum atomic E-state index is 14.2. The van der Waals surface area contributed by atoms with Gasteiger partial charge in [0.25, 0.3) is 0 Å². The van der Waals surface area contributed by atoms with Gasteiger partial charge < -0.3 is 15.0 Å². The summed E-state index contributed by atoms with van der Waals surface area (Å²) in [5.41, 5.74) is 8.09. The van der Waals surface area contributed by atoms with Crippen molar-refractivity contribution in [1.82, 2.24) is 9.88 Å². The standard InChI is InChI=1S/C37H48FN3O.2C2H6.2C2H2/c1-8-28-21-22-37(7,39-24-28)40-27(6)36-35(29-13-11-10-12-14-29)34(30-16-18-31(38)19-17-30)33(41(36)25(3)4)20-15-26(5)23-32(42)9-2;4*1-2/h10-14,16-19,21,24-26,32,40,42H,6,8-9,15,20,22-23H2,1-5,7H3;2*1-2H3;2*1-2H. The van der Waals surface area contributed by atoms with E-state index in [1.54, 1.807) is 12.1 Å². The number of terminal acetylenes is 2. The predicted molar refractivity (Wildman–Crippen MR) is 219 cm³/mol. The van der Waals surface area contributed by atoms with Crippen LogP contribution in [0.2, 0.25) is 0 Å². The zero-order chi connectivity index (χ0) is 38.4. The fourth-order valence-electron chi connectivity index (χ4n) is 6.06. The van der Waals surface area contributed by atoms with Gasteiger partial charge in [-0.25, -0.2) is 4.39 Å². The van der Waals surface area contributed by atoms with Gasteiger partial charge in [0.15, 0.2) is 0 Å². The first-order valence-electron chi connectivity index (χ1n) is 18.2. The Morgan fingerprint density at radius 2 is 1.50 bits per heavy atom. The lowest BCUT2D eigenvalue weighted by Crippen LogP contribution is -2.40. The predicted octanol–water partition coefficient (Wildman–Crippen LogP) is 11.9. The van der Waals surface area contributed by atoms with E-state index >= 15 is 0 Å². The zero-order valence-electron chi connectivity index (χ0n) is 32.6. The Kier molecular flexibility index (Phi) is 21.9. The Bertz CT molecular complexity index is 1500. The Hall–Kier alpha value is -4.32. The molecule has 2 aromatic carbocycles. The number of dihydropyridines is 1. The number of hydrogen-bond donors (Lipinski definition) is 2. The Labute approximate surface area is 305 Å². The first kappa shape index (κ1) is 45.7. The average molecular weight is 682 g/mol. The molecule has 1 aliphatic heterocycles. The molecule has 272 valence electrons. The summed E-state index contributed by atoms with van der Waals surface area (Å²) in [6.45, 7) is 25.6. The largest absolute Gasteiger partial charge is 0.393 e. The van der Waals surface area contributed by atoms with Gasteiger partial charge in [0.05, 0.1) is 17.5 Å². The second-order valence-electron chi connectivity index (χ2n) is 12.3. The number of nitrogens with one attached hydrogen (secondary N) is 1. The molecule has 1 aromatic heterocycles. The van der Waals surface area contributed by atoms with Crippen molar-refractivity contribution in [2.45, 2.75) is 126 Å². The molecule has 3 aromatic rings. The summed E-state index contributed by atoms with van der Waals surface area (Å²) in [5, 5.41) is 14.0. The number of aromatic nitrogens is 1. The van der Waals surface area contributed by atoms with Gasteiger partial charge in [0, 0.05) is 35.5 Å². The van der Waals surface area contributed by atoms with E-state index in [1.165, 1.54) is 11.3 Å². The molecule has 50 heavy (non-hydrogen) atoms. The molecule has 0 fully saturated rings. The van der Waals surface area contributed by atoms with Gasteiger partial charge in [-0.05, 0) is 87.6 Å². The Morgan fingerprint density at radius 1 is 0.940 bits per heavy atom. The number of aliphatic hydroxyl groups excluding tert-OH is 1. The van der Waals surface area contributed by atoms with Crippen molar-refractivity contribution in [3.05, 3.63) is 90.0 Å². The summed E-state index contributed by atoms with van der Waals surface area (Å²) < 4.78 is 16.6. The van der Waals surface area contributed by atoms with E-state index in [2.05, 4.69) is 107 Å². The summed E-state index contributed by atoms with van der Waals surface area (Å²) in [7, 11) is 0. The molecular formula is C45H64FN3O. The number of rotatable bonds is 13. The summed E-state index contributed by atoms with van der Waals surface area (Å²) in [6.07, 6.45) is 25.0. The van der Waals surface area contributed by atoms with Crippen LogP contribution in [0.25, 0.3) is 28.0 Å². The van der Waals surface area contributed by atoms with Crippen molar-refractivity contribution in [1.29, 1.82) is 0 Å². The first-order valence-corrected chi connectivity index (χ1v) is 18.2. The second-order valence-corrected chi connectivity index (χ2v) is 12.3. The fraction of sp³-hybridized carbons (Fsp3) is 0.444. The normalized spacial score (nSPS) is 15.6. The number of aliphatic hydroxyl groups is 1. The Morgan fingerprint density at radius 3 is 1.98 bits per heavy atom. The molecule has 0 amide bonds. The quantitative estimate of drug-likeness (QED) is 0.176. The molecule has 0 radical (unpaired) electrons. The van der Waals surface area contributed by atoms with Gasteiger partial charge in [-0.1, -0.05) is 104 Å². The topological polar surface area (TPSA) is 49.6 Å². The van der Waals surface area contributed by atoms with Crippen LogP contribution >= 0.6 is 0 Å². The van der Waals surface area contributed by atoms with Crippen molar-refractivity contribution in [2.24, 2.45) is 10.9 Å². The van der Waals surface area contributed by atoms with Crippen LogP contribution in [0.15, 0.2) is 77.8 Å². The van der Waals surface area contributed by atoms with Crippen LogP contribution in [0.4, 0.5) is 4.39 Å². The highest BCUT2D eigenvalue weighted by atomic mass is 19.1. The van der Waals surface area contributed by atoms with E-state index < -0.39 is 5.66 Å². The maximum Gasteiger partial charge on any atom is 0.130 e. The highest BCUT2D eigenvalue weighted by Crippen LogP contribution is 2.45. The smallest absolute Gasteiger partial charge is 0.130 e. The molecule has 3 unspecified atom stereocenters. The molecule has 5 heteroatoms. The highest BCUT2D eigenvalue weighted by molar-refractivity contribution is 5.93. The van der Waals surface area contributed by atoms with E-state index in [1.807, 2.05) is 59.0 Å². The molecule has 0 bridgehead atoms. The van der Waals surface area contributed by atoms with Crippen LogP contribution in [0.5, 0.6) is 0 Å². The molecule has 4 nitrogen and oxygen atoms in total. The van der Waals surface area contributed by atoms with Gasteiger partial charge in [-0.2, -0.15) is 0 Å². The van der Waals surface area contributed by atoms with Crippen LogP contribution in [0, 0.1) is 37.4 Å². The first-order chi connectivity index (χ1) is 24.1. The van der Waals surface area contributed by atoms with Gasteiger partial charge in [-0.15, -0.1) is 25.7 Å². The molecule has 0 saturated heterocycles. The van der Waals surface area contributed by atoms with E-state index in [0.29, 0.717) is 5.92 Å². The zero-order valence-corrected chi connectivity index (χ0v) is 32.6. The van der Waals surface area contributed by atoms with Crippen molar-refractivity contribution >= 4 is 11.9 Å². The monoisotopic (exact) mass is 682 g/mol. The van der Waals surface area contributed by atoms with E-state index in [-0.39, 0.29) is 18.0 Å². The molecule has 2 heterocycles. The number of aliphatic imine (C=N–C) groups is 1. The third kappa shape index (κ3) is 12.5. The lowest BCUT2D eigenvalue weighted by Gasteiger charge is -2.31. The van der Waals surface area contributed by atoms with Gasteiger partial charge in [-0.3, -0.25) is 4.99 Å².